The summed E-state index contributed by atoms with van der Waals surface area (Å²) in [6, 6.07) is 1.52. The Kier molecular flexibility index (Phi) is 4.21. The lowest BCUT2D eigenvalue weighted by atomic mass is 9.81. The Morgan fingerprint density at radius 1 is 0.944 bits per heavy atom. The van der Waals surface area contributed by atoms with Crippen molar-refractivity contribution in [1.29, 1.82) is 0 Å². The normalized spacial score (nSPS) is 29.8. The van der Waals surface area contributed by atoms with Crippen molar-refractivity contribution in [3.8, 4) is 0 Å². The van der Waals surface area contributed by atoms with Crippen LogP contribution < -0.4 is 0 Å². The smallest absolute Gasteiger partial charge is 0.0136 e. The lowest BCUT2D eigenvalue weighted by molar-refractivity contribution is 0.0929. The minimum absolute atomic E-state index is 0.706. The minimum atomic E-state index is 0.706. The first-order valence-electron chi connectivity index (χ1n) is 7.90. The van der Waals surface area contributed by atoms with Crippen LogP contribution in [0.3, 0.4) is 0 Å². The highest BCUT2D eigenvalue weighted by atomic mass is 15.2. The maximum Gasteiger partial charge on any atom is 0.0136 e. The van der Waals surface area contributed by atoms with Crippen LogP contribution in [0, 0.1) is 17.8 Å². The molecule has 3 rings (SSSR count). The fourth-order valence-electron chi connectivity index (χ4n) is 4.20. The van der Waals surface area contributed by atoms with E-state index in [-0.39, 0.29) is 0 Å². The van der Waals surface area contributed by atoms with Crippen LogP contribution in [0.15, 0.2) is 11.1 Å². The monoisotopic (exact) mass is 249 g/mol. The van der Waals surface area contributed by atoms with Crippen LogP contribution >= 0.6 is 0 Å². The molecule has 18 heavy (non-hydrogen) atoms. The van der Waals surface area contributed by atoms with E-state index in [2.05, 4.69) is 46.4 Å². The van der Waals surface area contributed by atoms with Gasteiger partial charge in [-0.3, -0.25) is 4.90 Å². The van der Waals surface area contributed by atoms with Crippen LogP contribution in [-0.2, 0) is 0 Å². The molecule has 0 aromatic heterocycles. The summed E-state index contributed by atoms with van der Waals surface area (Å²) in [7, 11) is 0. The number of piperidine rings is 1. The second kappa shape index (κ2) is 5.36. The zero-order valence-electron chi connectivity index (χ0n) is 13.2. The van der Waals surface area contributed by atoms with Gasteiger partial charge in [0.15, 0.2) is 0 Å². The van der Waals surface area contributed by atoms with Gasteiger partial charge in [-0.15, -0.1) is 0 Å². The van der Waals surface area contributed by atoms with E-state index in [1.54, 1.807) is 5.57 Å². The number of rotatable bonds is 3. The van der Waals surface area contributed by atoms with E-state index in [9.17, 15) is 0 Å². The van der Waals surface area contributed by atoms with Gasteiger partial charge in [-0.1, -0.05) is 38.8 Å². The van der Waals surface area contributed by atoms with Crippen LogP contribution in [0.5, 0.6) is 0 Å². The Morgan fingerprint density at radius 2 is 1.61 bits per heavy atom. The highest BCUT2D eigenvalue weighted by Gasteiger charge is 2.37. The summed E-state index contributed by atoms with van der Waals surface area (Å²) < 4.78 is 0. The van der Waals surface area contributed by atoms with E-state index in [1.807, 2.05) is 5.57 Å². The summed E-state index contributed by atoms with van der Waals surface area (Å²) >= 11 is 0. The fraction of sp³-hybridized carbons (Fsp3) is 0.882. The van der Waals surface area contributed by atoms with E-state index in [0.717, 1.165) is 23.8 Å². The molecule has 0 radical (unpaired) electrons. The average Bonchev–Trinajstić information content (AvgIpc) is 2.56. The standard InChI is InChI=1S/C17H31N/c1-11(2)16-9-15-8-7-14(17(16)12(3)4)10-18(15)13(5)6/h11-15H,7-10H2,1-6H3. The van der Waals surface area contributed by atoms with Gasteiger partial charge in [-0.25, -0.2) is 0 Å². The second-order valence-corrected chi connectivity index (χ2v) is 7.21. The van der Waals surface area contributed by atoms with Crippen LogP contribution in [0.25, 0.3) is 0 Å². The number of fused-ring (bicyclic) bond motifs is 3. The van der Waals surface area contributed by atoms with Gasteiger partial charge >= 0.3 is 0 Å². The quantitative estimate of drug-likeness (QED) is 0.666. The molecule has 2 bridgehead atoms. The third-order valence-electron chi connectivity index (χ3n) is 5.00. The third kappa shape index (κ3) is 2.52. The number of hydrogen-bond donors (Lipinski definition) is 0. The summed E-state index contributed by atoms with van der Waals surface area (Å²) in [5.74, 6) is 2.31. The van der Waals surface area contributed by atoms with E-state index in [1.165, 1.54) is 25.8 Å². The average molecular weight is 249 g/mol. The van der Waals surface area contributed by atoms with Gasteiger partial charge in [0.25, 0.3) is 0 Å². The molecule has 1 heteroatoms. The first-order chi connectivity index (χ1) is 8.41. The largest absolute Gasteiger partial charge is 0.297 e. The number of nitrogens with zero attached hydrogens (tertiary/aromatic N) is 1. The van der Waals surface area contributed by atoms with Crippen molar-refractivity contribution >= 4 is 0 Å². The second-order valence-electron chi connectivity index (χ2n) is 7.21. The topological polar surface area (TPSA) is 3.24 Å². The molecule has 2 unspecified atom stereocenters. The Morgan fingerprint density at radius 3 is 2.11 bits per heavy atom. The lowest BCUT2D eigenvalue weighted by Crippen LogP contribution is -2.46. The van der Waals surface area contributed by atoms with Gasteiger partial charge in [0.1, 0.15) is 0 Å². The zero-order valence-corrected chi connectivity index (χ0v) is 13.2. The molecular weight excluding hydrogens is 218 g/mol. The summed E-state index contributed by atoms with van der Waals surface area (Å²) in [6.07, 6.45) is 4.17. The highest BCUT2D eigenvalue weighted by Crippen LogP contribution is 2.43. The number of hydrogen-bond acceptors (Lipinski definition) is 1. The molecule has 2 aliphatic heterocycles. The molecule has 3 aliphatic rings. The van der Waals surface area contributed by atoms with E-state index in [0.29, 0.717) is 6.04 Å². The van der Waals surface area contributed by atoms with Crippen LogP contribution in [0.2, 0.25) is 0 Å². The SMILES string of the molecule is CC(C)C1=C(C(C)C)C2CCC(C1)N(C(C)C)C2. The van der Waals surface area contributed by atoms with E-state index in [4.69, 9.17) is 0 Å². The summed E-state index contributed by atoms with van der Waals surface area (Å²) in [4.78, 5) is 2.77. The molecule has 1 aliphatic carbocycles. The van der Waals surface area contributed by atoms with Crippen LogP contribution in [-0.4, -0.2) is 23.5 Å². The van der Waals surface area contributed by atoms with Gasteiger partial charge in [-0.05, 0) is 50.9 Å². The summed E-state index contributed by atoms with van der Waals surface area (Å²) in [5, 5.41) is 0. The fourth-order valence-corrected chi connectivity index (χ4v) is 4.20. The highest BCUT2D eigenvalue weighted by molar-refractivity contribution is 5.26. The molecule has 104 valence electrons. The van der Waals surface area contributed by atoms with Crippen molar-refractivity contribution in [3.63, 3.8) is 0 Å². The molecule has 0 aromatic rings. The molecule has 0 N–H and O–H groups in total. The molecule has 1 nitrogen and oxygen atoms in total. The predicted molar refractivity (Wildman–Crippen MR) is 79.7 cm³/mol. The molecule has 1 fully saturated rings. The maximum absolute atomic E-state index is 2.77. The van der Waals surface area contributed by atoms with Gasteiger partial charge in [0.05, 0.1) is 0 Å². The van der Waals surface area contributed by atoms with Crippen molar-refractivity contribution in [1.82, 2.24) is 4.90 Å². The predicted octanol–water partition coefficient (Wildman–Crippen LogP) is 4.49. The van der Waals surface area contributed by atoms with Crippen molar-refractivity contribution in [2.24, 2.45) is 17.8 Å². The van der Waals surface area contributed by atoms with Gasteiger partial charge in [0, 0.05) is 18.6 Å². The van der Waals surface area contributed by atoms with Crippen molar-refractivity contribution in [2.75, 3.05) is 6.54 Å². The zero-order chi connectivity index (χ0) is 13.4. The Bertz CT molecular complexity index is 325. The van der Waals surface area contributed by atoms with Crippen LogP contribution in [0.1, 0.15) is 60.8 Å². The van der Waals surface area contributed by atoms with Gasteiger partial charge in [-0.2, -0.15) is 0 Å². The van der Waals surface area contributed by atoms with Crippen LogP contribution in [0.4, 0.5) is 0 Å². The Hall–Kier alpha value is -0.300. The molecule has 0 amide bonds. The first kappa shape index (κ1) is 14.1. The Labute approximate surface area is 114 Å². The molecular formula is C17H31N. The Balaban J connectivity index is 2.35. The summed E-state index contributed by atoms with van der Waals surface area (Å²) in [5.41, 5.74) is 3.61. The van der Waals surface area contributed by atoms with E-state index < -0.39 is 0 Å². The molecule has 2 atom stereocenters. The van der Waals surface area contributed by atoms with E-state index >= 15 is 0 Å². The molecule has 0 saturated carbocycles. The summed E-state index contributed by atoms with van der Waals surface area (Å²) in [6.45, 7) is 15.6. The van der Waals surface area contributed by atoms with Gasteiger partial charge in [0.2, 0.25) is 0 Å². The lowest BCUT2D eigenvalue weighted by Gasteiger charge is -2.40. The molecule has 0 aromatic carbocycles. The van der Waals surface area contributed by atoms with Crippen molar-refractivity contribution < 1.29 is 0 Å². The molecule has 1 saturated heterocycles. The van der Waals surface area contributed by atoms with Gasteiger partial charge < -0.3 is 0 Å². The molecule has 0 spiro atoms. The third-order valence-corrected chi connectivity index (χ3v) is 5.00. The molecule has 2 heterocycles. The van der Waals surface area contributed by atoms with Crippen molar-refractivity contribution in [2.45, 2.75) is 72.9 Å². The van der Waals surface area contributed by atoms with Crippen molar-refractivity contribution in [3.05, 3.63) is 11.1 Å². The minimum Gasteiger partial charge on any atom is -0.297 e. The first-order valence-corrected chi connectivity index (χ1v) is 7.90. The maximum atomic E-state index is 2.77.